The number of aromatic nitrogens is 4. The molecule has 0 aliphatic rings. The lowest BCUT2D eigenvalue weighted by Crippen LogP contribution is -2.41. The summed E-state index contributed by atoms with van der Waals surface area (Å²) in [6, 6.07) is 1.98. The van der Waals surface area contributed by atoms with Gasteiger partial charge < -0.3 is 31.9 Å². The van der Waals surface area contributed by atoms with Crippen molar-refractivity contribution in [3.8, 4) is 0 Å². The molecule has 2 heterocycles. The highest BCUT2D eigenvalue weighted by atomic mass is 16.4. The van der Waals surface area contributed by atoms with Crippen LogP contribution in [-0.4, -0.2) is 61.1 Å². The second kappa shape index (κ2) is 10.2. The molecule has 13 nitrogen and oxygen atoms in total. The van der Waals surface area contributed by atoms with Gasteiger partial charge in [-0.3, -0.25) is 9.59 Å². The van der Waals surface area contributed by atoms with Crippen LogP contribution in [0.3, 0.4) is 0 Å². The van der Waals surface area contributed by atoms with Crippen LogP contribution < -0.4 is 21.7 Å². The van der Waals surface area contributed by atoms with E-state index in [2.05, 4.69) is 25.3 Å². The van der Waals surface area contributed by atoms with E-state index >= 15 is 0 Å². The molecule has 1 unspecified atom stereocenters. The van der Waals surface area contributed by atoms with Crippen molar-refractivity contribution in [2.45, 2.75) is 39.3 Å². The quantitative estimate of drug-likeness (QED) is 0.288. The molecule has 1 aromatic carbocycles. The number of nitrogen functional groups attached to an aromatic ring is 2. The highest BCUT2D eigenvalue weighted by molar-refractivity contribution is 5.97. The normalized spacial score (nSPS) is 11.7. The van der Waals surface area contributed by atoms with Crippen LogP contribution in [0.5, 0.6) is 0 Å². The number of nitrogens with one attached hydrogen (secondary N) is 1. The van der Waals surface area contributed by atoms with Crippen LogP contribution in [-0.2, 0) is 16.1 Å². The van der Waals surface area contributed by atoms with Gasteiger partial charge in [0.15, 0.2) is 17.0 Å². The van der Waals surface area contributed by atoms with E-state index in [-0.39, 0.29) is 30.2 Å². The molecular formula is C22H26N8O5. The van der Waals surface area contributed by atoms with Crippen LogP contribution in [0.15, 0.2) is 18.3 Å². The topological polar surface area (TPSA) is 211 Å². The smallest absolute Gasteiger partial charge is 0.326 e. The number of aliphatic carboxylic acids is 2. The molecule has 0 saturated heterocycles. The number of nitrogens with zero attached hydrogens (tertiary/aromatic N) is 5. The van der Waals surface area contributed by atoms with Gasteiger partial charge in [0.05, 0.1) is 18.4 Å². The Labute approximate surface area is 200 Å². The Balaban J connectivity index is 1.80. The number of carbonyl (C=O) groups is 3. The van der Waals surface area contributed by atoms with Gasteiger partial charge in [0.25, 0.3) is 5.91 Å². The largest absolute Gasteiger partial charge is 0.481 e. The van der Waals surface area contributed by atoms with Crippen LogP contribution in [0, 0.1) is 13.8 Å². The predicted octanol–water partition coefficient (Wildman–Crippen LogP) is 0.885. The van der Waals surface area contributed by atoms with Crippen molar-refractivity contribution in [2.75, 3.05) is 23.4 Å². The highest BCUT2D eigenvalue weighted by Crippen LogP contribution is 2.27. The van der Waals surface area contributed by atoms with Crippen LogP contribution in [0.1, 0.15) is 40.0 Å². The molecule has 0 saturated carbocycles. The summed E-state index contributed by atoms with van der Waals surface area (Å²) in [5.41, 5.74) is 15.4. The summed E-state index contributed by atoms with van der Waals surface area (Å²) >= 11 is 0. The van der Waals surface area contributed by atoms with E-state index in [1.807, 2.05) is 25.8 Å². The zero-order chi connectivity index (χ0) is 25.9. The lowest BCUT2D eigenvalue weighted by molar-refractivity contribution is -0.140. The van der Waals surface area contributed by atoms with Crippen LogP contribution >= 0.6 is 0 Å². The van der Waals surface area contributed by atoms with E-state index in [1.165, 1.54) is 0 Å². The van der Waals surface area contributed by atoms with Gasteiger partial charge in [-0.1, -0.05) is 0 Å². The fourth-order valence-corrected chi connectivity index (χ4v) is 3.84. The van der Waals surface area contributed by atoms with Crippen molar-refractivity contribution >= 4 is 46.5 Å². The van der Waals surface area contributed by atoms with Crippen LogP contribution in [0.25, 0.3) is 11.2 Å². The zero-order valence-electron chi connectivity index (χ0n) is 19.4. The van der Waals surface area contributed by atoms with Crippen molar-refractivity contribution in [3.63, 3.8) is 0 Å². The molecule has 0 spiro atoms. The van der Waals surface area contributed by atoms with Crippen LogP contribution in [0.4, 0.5) is 17.5 Å². The number of benzene rings is 1. The van der Waals surface area contributed by atoms with Crippen molar-refractivity contribution in [1.82, 2.24) is 25.3 Å². The average molecular weight is 483 g/mol. The third kappa shape index (κ3) is 5.88. The highest BCUT2D eigenvalue weighted by Gasteiger charge is 2.23. The van der Waals surface area contributed by atoms with Crippen molar-refractivity contribution in [3.05, 3.63) is 40.7 Å². The number of hydrogen-bond acceptors (Lipinski definition) is 10. The summed E-state index contributed by atoms with van der Waals surface area (Å²) in [6.45, 7) is 4.03. The van der Waals surface area contributed by atoms with Crippen molar-refractivity contribution < 1.29 is 24.6 Å². The molecular weight excluding hydrogens is 456 g/mol. The molecule has 1 atom stereocenters. The van der Waals surface area contributed by atoms with Gasteiger partial charge in [-0.15, -0.1) is 0 Å². The molecule has 2 aromatic heterocycles. The van der Waals surface area contributed by atoms with Gasteiger partial charge in [-0.05, 0) is 43.5 Å². The Kier molecular flexibility index (Phi) is 7.28. The molecule has 0 radical (unpaired) electrons. The molecule has 7 N–H and O–H groups in total. The van der Waals surface area contributed by atoms with Crippen molar-refractivity contribution in [2.24, 2.45) is 0 Å². The number of carboxylic acid groups (broad SMARTS) is 2. The fraction of sp³-hybridized carbons (Fsp3) is 0.318. The number of amides is 1. The Morgan fingerprint density at radius 3 is 2.34 bits per heavy atom. The number of hydrogen-bond donors (Lipinski definition) is 5. The Hall–Kier alpha value is -4.55. The summed E-state index contributed by atoms with van der Waals surface area (Å²) in [6.07, 6.45) is 0.979. The number of nitrogens with two attached hydrogens (primary N) is 2. The minimum atomic E-state index is -1.31. The summed E-state index contributed by atoms with van der Waals surface area (Å²) in [4.78, 5) is 53.5. The van der Waals surface area contributed by atoms with E-state index in [0.717, 1.165) is 16.8 Å². The Morgan fingerprint density at radius 1 is 1.09 bits per heavy atom. The van der Waals surface area contributed by atoms with Crippen LogP contribution in [0.2, 0.25) is 0 Å². The SMILES string of the molecule is Cc1cc(C(=O)NC(CCC(=O)O)C(=O)O)cc(C)c1N(C)Cc1cnc2nc(N)nc(N)c2n1. The number of anilines is 3. The van der Waals surface area contributed by atoms with E-state index in [0.29, 0.717) is 23.4 Å². The maximum atomic E-state index is 12.7. The molecule has 35 heavy (non-hydrogen) atoms. The van der Waals surface area contributed by atoms with Gasteiger partial charge in [-0.25, -0.2) is 14.8 Å². The third-order valence-electron chi connectivity index (χ3n) is 5.29. The summed E-state index contributed by atoms with van der Waals surface area (Å²) in [5.74, 6) is -2.88. The molecule has 0 aliphatic carbocycles. The average Bonchev–Trinajstić information content (AvgIpc) is 2.75. The van der Waals surface area contributed by atoms with E-state index in [1.54, 1.807) is 18.3 Å². The molecule has 1 amide bonds. The first-order chi connectivity index (χ1) is 16.5. The molecule has 0 fully saturated rings. The number of rotatable bonds is 9. The van der Waals surface area contributed by atoms with Gasteiger partial charge in [0, 0.05) is 24.7 Å². The maximum Gasteiger partial charge on any atom is 0.326 e. The number of carbonyl (C=O) groups excluding carboxylic acids is 1. The molecule has 0 aliphatic heterocycles. The monoisotopic (exact) mass is 482 g/mol. The van der Waals surface area contributed by atoms with E-state index < -0.39 is 23.9 Å². The minimum Gasteiger partial charge on any atom is -0.481 e. The third-order valence-corrected chi connectivity index (χ3v) is 5.29. The summed E-state index contributed by atoms with van der Waals surface area (Å²) < 4.78 is 0. The van der Waals surface area contributed by atoms with Crippen molar-refractivity contribution in [1.29, 1.82) is 0 Å². The first kappa shape index (κ1) is 25.1. The zero-order valence-corrected chi connectivity index (χ0v) is 19.4. The van der Waals surface area contributed by atoms with E-state index in [4.69, 9.17) is 16.6 Å². The summed E-state index contributed by atoms with van der Waals surface area (Å²) in [7, 11) is 1.86. The van der Waals surface area contributed by atoms with Gasteiger partial charge in [-0.2, -0.15) is 9.97 Å². The minimum absolute atomic E-state index is 0.0149. The predicted molar refractivity (Wildman–Crippen MR) is 128 cm³/mol. The number of aryl methyl sites for hydroxylation is 2. The number of fused-ring (bicyclic) bond motifs is 1. The Bertz CT molecular complexity index is 1290. The maximum absolute atomic E-state index is 12.7. The van der Waals surface area contributed by atoms with Gasteiger partial charge in [0.2, 0.25) is 5.95 Å². The lowest BCUT2D eigenvalue weighted by Gasteiger charge is -2.24. The Morgan fingerprint density at radius 2 is 1.74 bits per heavy atom. The molecule has 3 aromatic rings. The van der Waals surface area contributed by atoms with Gasteiger partial charge in [0.1, 0.15) is 6.04 Å². The first-order valence-corrected chi connectivity index (χ1v) is 10.6. The fourth-order valence-electron chi connectivity index (χ4n) is 3.84. The standard InChI is InChI=1S/C22H26N8O5/c1-10-6-12(20(33)27-14(21(34)35)4-5-15(31)32)7-11(2)17(10)30(3)9-13-8-25-19-16(26-13)18(23)28-22(24)29-19/h6-8,14H,4-5,9H2,1-3H3,(H,27,33)(H,31,32)(H,34,35)(H4,23,24,25,28,29). The molecule has 184 valence electrons. The molecule has 0 bridgehead atoms. The lowest BCUT2D eigenvalue weighted by atomic mass is 10.0. The molecule has 3 rings (SSSR count). The first-order valence-electron chi connectivity index (χ1n) is 10.6. The summed E-state index contributed by atoms with van der Waals surface area (Å²) in [5, 5.41) is 20.5. The second-order valence-electron chi connectivity index (χ2n) is 8.11. The second-order valence-corrected chi connectivity index (χ2v) is 8.11. The molecule has 13 heteroatoms. The van der Waals surface area contributed by atoms with Gasteiger partial charge >= 0.3 is 11.9 Å². The van der Waals surface area contributed by atoms with E-state index in [9.17, 15) is 19.5 Å². The number of carboxylic acids is 2.